The standard InChI is InChI=1S/C23H26FN3O2/c1-3-18-16-29-12-11-26(18)14-17-15-27(19-7-5-4-6-8-19)25-23(17)21-10-9-20(28-2)13-22(21)24/h4-10,13,15,18H,3,11-12,14,16H2,1-2H3/t18-/m0/s1. The molecule has 0 amide bonds. The topological polar surface area (TPSA) is 39.5 Å². The summed E-state index contributed by atoms with van der Waals surface area (Å²) in [4.78, 5) is 2.40. The highest BCUT2D eigenvalue weighted by molar-refractivity contribution is 5.65. The molecule has 1 saturated heterocycles. The van der Waals surface area contributed by atoms with Crippen LogP contribution in [0.3, 0.4) is 0 Å². The summed E-state index contributed by atoms with van der Waals surface area (Å²) in [6, 6.07) is 15.2. The third-order valence-electron chi connectivity index (χ3n) is 5.44. The third kappa shape index (κ3) is 4.18. The van der Waals surface area contributed by atoms with Crippen molar-refractivity contribution in [1.82, 2.24) is 14.7 Å². The molecule has 29 heavy (non-hydrogen) atoms. The van der Waals surface area contributed by atoms with Gasteiger partial charge in [0.1, 0.15) is 17.3 Å². The van der Waals surface area contributed by atoms with E-state index in [-0.39, 0.29) is 5.82 Å². The molecular weight excluding hydrogens is 369 g/mol. The van der Waals surface area contributed by atoms with Gasteiger partial charge in [-0.1, -0.05) is 25.1 Å². The Hall–Kier alpha value is -2.70. The Kier molecular flexibility index (Phi) is 5.92. The molecule has 4 rings (SSSR count). The maximum absolute atomic E-state index is 14.9. The monoisotopic (exact) mass is 395 g/mol. The lowest BCUT2D eigenvalue weighted by molar-refractivity contribution is -0.0126. The van der Waals surface area contributed by atoms with Gasteiger partial charge in [0.15, 0.2) is 0 Å². The molecule has 5 nitrogen and oxygen atoms in total. The molecule has 0 bridgehead atoms. The second-order valence-corrected chi connectivity index (χ2v) is 7.24. The van der Waals surface area contributed by atoms with Crippen LogP contribution in [0.5, 0.6) is 5.75 Å². The highest BCUT2D eigenvalue weighted by Crippen LogP contribution is 2.30. The fourth-order valence-electron chi connectivity index (χ4n) is 3.77. The molecule has 0 saturated carbocycles. The smallest absolute Gasteiger partial charge is 0.136 e. The van der Waals surface area contributed by atoms with Crippen LogP contribution in [0.15, 0.2) is 54.7 Å². The van der Waals surface area contributed by atoms with Crippen molar-refractivity contribution >= 4 is 0 Å². The van der Waals surface area contributed by atoms with Gasteiger partial charge in [-0.15, -0.1) is 0 Å². The first-order valence-electron chi connectivity index (χ1n) is 9.99. The number of para-hydroxylation sites is 1. The van der Waals surface area contributed by atoms with Gasteiger partial charge in [0.25, 0.3) is 0 Å². The molecule has 6 heteroatoms. The van der Waals surface area contributed by atoms with Crippen molar-refractivity contribution in [2.24, 2.45) is 0 Å². The summed E-state index contributed by atoms with van der Waals surface area (Å²) < 4.78 is 27.5. The van der Waals surface area contributed by atoms with Crippen LogP contribution in [0, 0.1) is 5.82 Å². The van der Waals surface area contributed by atoms with Crippen LogP contribution in [0.1, 0.15) is 18.9 Å². The van der Waals surface area contributed by atoms with Crippen LogP contribution < -0.4 is 4.74 Å². The number of benzene rings is 2. The number of methoxy groups -OCH3 is 1. The summed E-state index contributed by atoms with van der Waals surface area (Å²) in [6.07, 6.45) is 3.02. The SMILES string of the molecule is CC[C@H]1COCCN1Cc1cn(-c2ccccc2)nc1-c1ccc(OC)cc1F. The Labute approximate surface area is 170 Å². The fourth-order valence-corrected chi connectivity index (χ4v) is 3.77. The molecule has 1 atom stereocenters. The number of rotatable bonds is 6. The molecule has 0 spiro atoms. The Morgan fingerprint density at radius 3 is 2.76 bits per heavy atom. The van der Waals surface area contributed by atoms with Crippen molar-refractivity contribution in [1.29, 1.82) is 0 Å². The van der Waals surface area contributed by atoms with Gasteiger partial charge in [0.05, 0.1) is 26.0 Å². The summed E-state index contributed by atoms with van der Waals surface area (Å²) >= 11 is 0. The van der Waals surface area contributed by atoms with E-state index in [9.17, 15) is 4.39 Å². The highest BCUT2D eigenvalue weighted by Gasteiger charge is 2.24. The number of nitrogens with zero attached hydrogens (tertiary/aromatic N) is 3. The molecule has 2 heterocycles. The normalized spacial score (nSPS) is 17.4. The van der Waals surface area contributed by atoms with Crippen molar-refractivity contribution in [3.63, 3.8) is 0 Å². The lowest BCUT2D eigenvalue weighted by Gasteiger charge is -2.34. The molecule has 1 aromatic heterocycles. The zero-order valence-corrected chi connectivity index (χ0v) is 16.8. The highest BCUT2D eigenvalue weighted by atomic mass is 19.1. The van der Waals surface area contributed by atoms with Crippen molar-refractivity contribution in [2.45, 2.75) is 25.9 Å². The quantitative estimate of drug-likeness (QED) is 0.624. The summed E-state index contributed by atoms with van der Waals surface area (Å²) in [5.74, 6) is 0.160. The average Bonchev–Trinajstić information content (AvgIpc) is 3.18. The van der Waals surface area contributed by atoms with Crippen LogP contribution in [-0.4, -0.2) is 47.6 Å². The van der Waals surface area contributed by atoms with Gasteiger partial charge in [-0.25, -0.2) is 9.07 Å². The van der Waals surface area contributed by atoms with Gasteiger partial charge in [-0.05, 0) is 30.7 Å². The molecule has 0 aliphatic carbocycles. The Morgan fingerprint density at radius 1 is 1.21 bits per heavy atom. The minimum atomic E-state index is -0.335. The Morgan fingerprint density at radius 2 is 2.03 bits per heavy atom. The number of hydrogen-bond donors (Lipinski definition) is 0. The maximum atomic E-state index is 14.9. The fraction of sp³-hybridized carbons (Fsp3) is 0.348. The maximum Gasteiger partial charge on any atom is 0.136 e. The van der Waals surface area contributed by atoms with Crippen molar-refractivity contribution in [2.75, 3.05) is 26.9 Å². The van der Waals surface area contributed by atoms with Gasteiger partial charge in [0.2, 0.25) is 0 Å². The number of morpholine rings is 1. The van der Waals surface area contributed by atoms with Gasteiger partial charge >= 0.3 is 0 Å². The van der Waals surface area contributed by atoms with Crippen LogP contribution in [0.4, 0.5) is 4.39 Å². The van der Waals surface area contributed by atoms with Crippen molar-refractivity contribution in [3.8, 4) is 22.7 Å². The van der Waals surface area contributed by atoms with Crippen molar-refractivity contribution in [3.05, 3.63) is 66.1 Å². The molecule has 0 radical (unpaired) electrons. The Balaban J connectivity index is 1.75. The molecular formula is C23H26FN3O2. The van der Waals surface area contributed by atoms with E-state index < -0.39 is 0 Å². The van der Waals surface area contributed by atoms with Crippen LogP contribution in [-0.2, 0) is 11.3 Å². The van der Waals surface area contributed by atoms with Gasteiger partial charge in [-0.3, -0.25) is 4.90 Å². The van der Waals surface area contributed by atoms with E-state index in [0.29, 0.717) is 29.6 Å². The van der Waals surface area contributed by atoms with Crippen LogP contribution in [0.25, 0.3) is 16.9 Å². The molecule has 0 N–H and O–H groups in total. The van der Waals surface area contributed by atoms with E-state index in [1.54, 1.807) is 12.1 Å². The molecule has 1 aliphatic rings. The van der Waals surface area contributed by atoms with Gasteiger partial charge < -0.3 is 9.47 Å². The predicted molar refractivity (Wildman–Crippen MR) is 111 cm³/mol. The van der Waals surface area contributed by atoms with Crippen LogP contribution in [0.2, 0.25) is 0 Å². The predicted octanol–water partition coefficient (Wildman–Crippen LogP) is 4.30. The lowest BCUT2D eigenvalue weighted by atomic mass is 10.1. The molecule has 1 aliphatic heterocycles. The molecule has 1 fully saturated rings. The zero-order valence-electron chi connectivity index (χ0n) is 16.8. The summed E-state index contributed by atoms with van der Waals surface area (Å²) in [5, 5.41) is 4.76. The third-order valence-corrected chi connectivity index (χ3v) is 5.44. The van der Waals surface area contributed by atoms with E-state index in [2.05, 4.69) is 11.8 Å². The first-order valence-corrected chi connectivity index (χ1v) is 9.99. The minimum Gasteiger partial charge on any atom is -0.497 e. The summed E-state index contributed by atoms with van der Waals surface area (Å²) in [5.41, 5.74) is 3.09. The number of ether oxygens (including phenoxy) is 2. The first kappa shape index (κ1) is 19.6. The van der Waals surface area contributed by atoms with E-state index in [4.69, 9.17) is 14.6 Å². The number of hydrogen-bond acceptors (Lipinski definition) is 4. The van der Waals surface area contributed by atoms with Gasteiger partial charge in [0, 0.05) is 42.5 Å². The van der Waals surface area contributed by atoms with E-state index in [0.717, 1.165) is 37.4 Å². The zero-order chi connectivity index (χ0) is 20.2. The second kappa shape index (κ2) is 8.76. The van der Waals surface area contributed by atoms with Gasteiger partial charge in [-0.2, -0.15) is 5.10 Å². The van der Waals surface area contributed by atoms with E-state index in [1.807, 2.05) is 41.2 Å². The summed E-state index contributed by atoms with van der Waals surface area (Å²) in [7, 11) is 1.54. The number of aromatic nitrogens is 2. The molecule has 152 valence electrons. The molecule has 0 unspecified atom stereocenters. The van der Waals surface area contributed by atoms with Crippen LogP contribution >= 0.6 is 0 Å². The number of halogens is 1. The first-order chi connectivity index (χ1) is 14.2. The minimum absolute atomic E-state index is 0.335. The van der Waals surface area contributed by atoms with Crippen molar-refractivity contribution < 1.29 is 13.9 Å². The average molecular weight is 395 g/mol. The van der Waals surface area contributed by atoms with E-state index in [1.165, 1.54) is 13.2 Å². The molecule has 2 aromatic carbocycles. The second-order valence-electron chi connectivity index (χ2n) is 7.24. The van der Waals surface area contributed by atoms with E-state index >= 15 is 0 Å². The Bertz CT molecular complexity index is 958. The molecule has 3 aromatic rings. The largest absolute Gasteiger partial charge is 0.497 e. The summed E-state index contributed by atoms with van der Waals surface area (Å²) in [6.45, 7) is 5.18. The lowest BCUT2D eigenvalue weighted by Crippen LogP contribution is -2.44.